The van der Waals surface area contributed by atoms with Crippen LogP contribution < -0.4 is 10.6 Å². The number of hydrogen-bond acceptors (Lipinski definition) is 4. The highest BCUT2D eigenvalue weighted by atomic mass is 16.1. The molecule has 1 atom stereocenters. The Morgan fingerprint density at radius 2 is 2.47 bits per heavy atom. The monoisotopic (exact) mass is 237 g/mol. The van der Waals surface area contributed by atoms with Crippen molar-refractivity contribution >= 4 is 5.91 Å². The predicted octanol–water partition coefficient (Wildman–Crippen LogP) is 0.227. The van der Waals surface area contributed by atoms with E-state index < -0.39 is 0 Å². The van der Waals surface area contributed by atoms with E-state index in [1.165, 1.54) is 0 Å². The van der Waals surface area contributed by atoms with Gasteiger partial charge in [0.1, 0.15) is 12.2 Å². The molecule has 0 bridgehead atoms. The molecule has 1 saturated heterocycles. The minimum Gasteiger partial charge on any atom is -0.355 e. The van der Waals surface area contributed by atoms with Crippen LogP contribution in [-0.2, 0) is 11.3 Å². The number of rotatable bonds is 4. The summed E-state index contributed by atoms with van der Waals surface area (Å²) >= 11 is 0. The first-order chi connectivity index (χ1) is 8.16. The number of piperidine rings is 1. The molecule has 1 aromatic rings. The van der Waals surface area contributed by atoms with E-state index in [-0.39, 0.29) is 5.91 Å². The van der Waals surface area contributed by atoms with Gasteiger partial charge < -0.3 is 10.6 Å². The quantitative estimate of drug-likeness (QED) is 0.786. The molecule has 1 amide bonds. The van der Waals surface area contributed by atoms with Crippen LogP contribution in [0.1, 0.15) is 38.6 Å². The summed E-state index contributed by atoms with van der Waals surface area (Å²) in [5.41, 5.74) is 0. The van der Waals surface area contributed by atoms with Gasteiger partial charge >= 0.3 is 0 Å². The van der Waals surface area contributed by atoms with Gasteiger partial charge in [-0.1, -0.05) is 0 Å². The highest BCUT2D eigenvalue weighted by Gasteiger charge is 2.18. The largest absolute Gasteiger partial charge is 0.355 e. The van der Waals surface area contributed by atoms with Crippen LogP contribution >= 0.6 is 0 Å². The first-order valence-electron chi connectivity index (χ1n) is 6.05. The van der Waals surface area contributed by atoms with E-state index in [2.05, 4.69) is 34.6 Å². The van der Waals surface area contributed by atoms with Gasteiger partial charge in [-0.3, -0.25) is 4.79 Å². The van der Waals surface area contributed by atoms with Crippen LogP contribution in [0.3, 0.4) is 0 Å². The van der Waals surface area contributed by atoms with Crippen molar-refractivity contribution in [3.8, 4) is 0 Å². The summed E-state index contributed by atoms with van der Waals surface area (Å²) in [6, 6.07) is 0.658. The fraction of sp³-hybridized carbons (Fsp3) is 0.727. The van der Waals surface area contributed by atoms with Gasteiger partial charge in [0.25, 0.3) is 0 Å². The zero-order valence-electron chi connectivity index (χ0n) is 10.3. The van der Waals surface area contributed by atoms with E-state index in [1.807, 2.05) is 4.68 Å². The second-order valence-corrected chi connectivity index (χ2v) is 4.64. The molecule has 1 aliphatic rings. The number of carbonyl (C=O) groups is 1. The molecule has 0 aromatic carbocycles. The molecule has 0 radical (unpaired) electrons. The van der Waals surface area contributed by atoms with Gasteiger partial charge in [0.05, 0.1) is 6.54 Å². The molecule has 1 fully saturated rings. The highest BCUT2D eigenvalue weighted by Crippen LogP contribution is 2.07. The number of amides is 1. The van der Waals surface area contributed by atoms with Crippen molar-refractivity contribution < 1.29 is 4.79 Å². The molecule has 94 valence electrons. The molecule has 1 unspecified atom stereocenters. The molecule has 0 spiro atoms. The van der Waals surface area contributed by atoms with Gasteiger partial charge in [-0.15, -0.1) is 0 Å². The van der Waals surface area contributed by atoms with Gasteiger partial charge in [-0.05, 0) is 20.3 Å². The Hall–Kier alpha value is -1.43. The second kappa shape index (κ2) is 5.27. The maximum atomic E-state index is 11.0. The van der Waals surface area contributed by atoms with Crippen molar-refractivity contribution in [1.29, 1.82) is 0 Å². The third-order valence-electron chi connectivity index (χ3n) is 2.95. The molecular formula is C11H19N5O. The Balaban J connectivity index is 1.85. The van der Waals surface area contributed by atoms with Gasteiger partial charge in [0.2, 0.25) is 5.91 Å². The van der Waals surface area contributed by atoms with Crippen molar-refractivity contribution in [1.82, 2.24) is 25.4 Å². The highest BCUT2D eigenvalue weighted by molar-refractivity contribution is 5.76. The van der Waals surface area contributed by atoms with E-state index in [4.69, 9.17) is 0 Å². The minimum absolute atomic E-state index is 0.147. The zero-order valence-corrected chi connectivity index (χ0v) is 10.3. The maximum absolute atomic E-state index is 11.0. The van der Waals surface area contributed by atoms with Crippen LogP contribution in [-0.4, -0.2) is 33.3 Å². The third-order valence-corrected chi connectivity index (χ3v) is 2.95. The topological polar surface area (TPSA) is 71.8 Å². The first kappa shape index (κ1) is 12.0. The van der Waals surface area contributed by atoms with Crippen LogP contribution in [0.5, 0.6) is 0 Å². The molecule has 6 nitrogen and oxygen atoms in total. The summed E-state index contributed by atoms with van der Waals surface area (Å²) < 4.78 is 1.91. The Bertz CT molecular complexity index is 377. The van der Waals surface area contributed by atoms with Gasteiger partial charge in [-0.25, -0.2) is 9.67 Å². The molecule has 2 heterocycles. The molecular weight excluding hydrogens is 218 g/mol. The lowest BCUT2D eigenvalue weighted by Crippen LogP contribution is -2.45. The third kappa shape index (κ3) is 3.03. The van der Waals surface area contributed by atoms with Crippen LogP contribution in [0.2, 0.25) is 0 Å². The molecule has 1 aliphatic heterocycles. The normalized spacial score (nSPS) is 20.6. The van der Waals surface area contributed by atoms with E-state index >= 15 is 0 Å². The fourth-order valence-corrected chi connectivity index (χ4v) is 1.97. The number of carbonyl (C=O) groups excluding carboxylic acids is 1. The molecule has 17 heavy (non-hydrogen) atoms. The summed E-state index contributed by atoms with van der Waals surface area (Å²) in [7, 11) is 0. The standard InChI is InChI=1S/C11H19N5O/c1-8(2)16-10(14-7-15-16)6-12-9-3-4-11(17)13-5-9/h7-9,12H,3-6H2,1-2H3,(H,13,17). The summed E-state index contributed by atoms with van der Waals surface area (Å²) in [6.07, 6.45) is 3.08. The lowest BCUT2D eigenvalue weighted by Gasteiger charge is -2.23. The summed E-state index contributed by atoms with van der Waals surface area (Å²) in [5, 5.41) is 10.4. The van der Waals surface area contributed by atoms with E-state index in [0.717, 1.165) is 12.2 Å². The Morgan fingerprint density at radius 1 is 1.65 bits per heavy atom. The van der Waals surface area contributed by atoms with E-state index in [1.54, 1.807) is 6.33 Å². The van der Waals surface area contributed by atoms with Crippen LogP contribution in [0, 0.1) is 0 Å². The van der Waals surface area contributed by atoms with E-state index in [9.17, 15) is 4.79 Å². The zero-order chi connectivity index (χ0) is 12.3. The molecule has 6 heteroatoms. The van der Waals surface area contributed by atoms with Crippen LogP contribution in [0.15, 0.2) is 6.33 Å². The van der Waals surface area contributed by atoms with Gasteiger partial charge in [-0.2, -0.15) is 5.10 Å². The Kier molecular flexibility index (Phi) is 3.73. The lowest BCUT2D eigenvalue weighted by atomic mass is 10.1. The SMILES string of the molecule is CC(C)n1ncnc1CNC1CCC(=O)NC1. The molecule has 2 N–H and O–H groups in total. The number of nitrogens with zero attached hydrogens (tertiary/aromatic N) is 3. The molecule has 0 aliphatic carbocycles. The number of nitrogens with one attached hydrogen (secondary N) is 2. The average molecular weight is 237 g/mol. The van der Waals surface area contributed by atoms with Crippen molar-refractivity contribution in [2.45, 2.75) is 45.3 Å². The summed E-state index contributed by atoms with van der Waals surface area (Å²) in [5.74, 6) is 1.09. The number of hydrogen-bond donors (Lipinski definition) is 2. The van der Waals surface area contributed by atoms with Crippen molar-refractivity contribution in [2.75, 3.05) is 6.54 Å². The molecule has 2 rings (SSSR count). The van der Waals surface area contributed by atoms with Gasteiger partial charge in [0, 0.05) is 25.0 Å². The maximum Gasteiger partial charge on any atom is 0.220 e. The molecule has 1 aromatic heterocycles. The second-order valence-electron chi connectivity index (χ2n) is 4.64. The van der Waals surface area contributed by atoms with Crippen molar-refractivity contribution in [2.24, 2.45) is 0 Å². The fourth-order valence-electron chi connectivity index (χ4n) is 1.97. The van der Waals surface area contributed by atoms with Crippen LogP contribution in [0.25, 0.3) is 0 Å². The average Bonchev–Trinajstić information content (AvgIpc) is 2.76. The minimum atomic E-state index is 0.147. The lowest BCUT2D eigenvalue weighted by molar-refractivity contribution is -0.122. The first-order valence-corrected chi connectivity index (χ1v) is 6.05. The van der Waals surface area contributed by atoms with Crippen LogP contribution in [0.4, 0.5) is 0 Å². The van der Waals surface area contributed by atoms with Crippen molar-refractivity contribution in [3.63, 3.8) is 0 Å². The molecule has 0 saturated carbocycles. The Morgan fingerprint density at radius 3 is 3.12 bits per heavy atom. The number of aromatic nitrogens is 3. The summed E-state index contributed by atoms with van der Waals surface area (Å²) in [6.45, 7) is 5.56. The summed E-state index contributed by atoms with van der Waals surface area (Å²) in [4.78, 5) is 15.3. The van der Waals surface area contributed by atoms with E-state index in [0.29, 0.717) is 31.6 Å². The Labute approximate surface area is 101 Å². The van der Waals surface area contributed by atoms with Crippen molar-refractivity contribution in [3.05, 3.63) is 12.2 Å². The van der Waals surface area contributed by atoms with Gasteiger partial charge in [0.15, 0.2) is 0 Å². The predicted molar refractivity (Wildman–Crippen MR) is 63.3 cm³/mol. The smallest absolute Gasteiger partial charge is 0.220 e.